The van der Waals surface area contributed by atoms with Crippen molar-refractivity contribution in [1.29, 1.82) is 0 Å². The van der Waals surface area contributed by atoms with Crippen molar-refractivity contribution in [2.45, 2.75) is 39.5 Å². The summed E-state index contributed by atoms with van der Waals surface area (Å²) in [4.78, 5) is 11.4. The van der Waals surface area contributed by atoms with Gasteiger partial charge >= 0.3 is 0 Å². The van der Waals surface area contributed by atoms with Crippen LogP contribution >= 0.6 is 0 Å². The molecular formula is C19H32N4O. The molecule has 0 bridgehead atoms. The molecule has 0 unspecified atom stereocenters. The Kier molecular flexibility index (Phi) is 8.02. The minimum atomic E-state index is 0.786. The Morgan fingerprint density at radius 3 is 2.83 bits per heavy atom. The Morgan fingerprint density at radius 1 is 1.38 bits per heavy atom. The number of hydrogen-bond donors (Lipinski definition) is 1. The van der Waals surface area contributed by atoms with E-state index in [1.807, 2.05) is 13.1 Å². The number of hydrogen-bond acceptors (Lipinski definition) is 3. The zero-order chi connectivity index (χ0) is 17.2. The standard InChI is InChI=1S/C19H32N4O/c1-4-20-19(21-11-7-18-6-5-16(2)22-15-18)23(3)12-8-17-9-13-24-14-10-17/h5-6,15,17H,4,7-14H2,1-3H3,(H,20,21). The van der Waals surface area contributed by atoms with Crippen molar-refractivity contribution >= 4 is 5.96 Å². The summed E-state index contributed by atoms with van der Waals surface area (Å²) in [7, 11) is 2.13. The highest BCUT2D eigenvalue weighted by atomic mass is 16.5. The van der Waals surface area contributed by atoms with Gasteiger partial charge in [-0.15, -0.1) is 0 Å². The van der Waals surface area contributed by atoms with Crippen molar-refractivity contribution in [2.24, 2.45) is 10.9 Å². The van der Waals surface area contributed by atoms with E-state index in [-0.39, 0.29) is 0 Å². The van der Waals surface area contributed by atoms with Gasteiger partial charge in [0.1, 0.15) is 0 Å². The lowest BCUT2D eigenvalue weighted by Gasteiger charge is -2.26. The Labute approximate surface area is 146 Å². The van der Waals surface area contributed by atoms with Gasteiger partial charge in [0.2, 0.25) is 0 Å². The summed E-state index contributed by atoms with van der Waals surface area (Å²) in [5, 5.41) is 3.40. The normalized spacial score (nSPS) is 16.2. The third-order valence-corrected chi connectivity index (χ3v) is 4.54. The molecule has 1 aromatic heterocycles. The maximum absolute atomic E-state index is 5.44. The molecule has 0 radical (unpaired) electrons. The minimum Gasteiger partial charge on any atom is -0.381 e. The molecule has 2 heterocycles. The lowest BCUT2D eigenvalue weighted by molar-refractivity contribution is 0.0625. The van der Waals surface area contributed by atoms with Crippen LogP contribution in [-0.2, 0) is 11.2 Å². The summed E-state index contributed by atoms with van der Waals surface area (Å²) in [6.45, 7) is 8.70. The zero-order valence-electron chi connectivity index (χ0n) is 15.4. The lowest BCUT2D eigenvalue weighted by Crippen LogP contribution is -2.40. The van der Waals surface area contributed by atoms with Crippen LogP contribution in [0.25, 0.3) is 0 Å². The molecule has 1 fully saturated rings. The van der Waals surface area contributed by atoms with Gasteiger partial charge in [0, 0.05) is 51.8 Å². The minimum absolute atomic E-state index is 0.786. The van der Waals surface area contributed by atoms with E-state index in [1.54, 1.807) is 0 Å². The maximum atomic E-state index is 5.44. The predicted octanol–water partition coefficient (Wildman–Crippen LogP) is 2.65. The topological polar surface area (TPSA) is 49.8 Å². The molecule has 0 aromatic carbocycles. The van der Waals surface area contributed by atoms with E-state index in [1.165, 1.54) is 24.8 Å². The molecule has 1 aromatic rings. The first-order chi connectivity index (χ1) is 11.7. The summed E-state index contributed by atoms with van der Waals surface area (Å²) in [5.41, 5.74) is 2.30. The predicted molar refractivity (Wildman–Crippen MR) is 99.4 cm³/mol. The van der Waals surface area contributed by atoms with Gasteiger partial charge in [0.05, 0.1) is 0 Å². The number of aromatic nitrogens is 1. The average Bonchev–Trinajstić information content (AvgIpc) is 2.61. The largest absolute Gasteiger partial charge is 0.381 e. The highest BCUT2D eigenvalue weighted by Crippen LogP contribution is 2.18. The molecule has 2 rings (SSSR count). The fourth-order valence-corrected chi connectivity index (χ4v) is 2.92. The van der Waals surface area contributed by atoms with Crippen molar-refractivity contribution in [3.05, 3.63) is 29.6 Å². The van der Waals surface area contributed by atoms with Gasteiger partial charge in [0.15, 0.2) is 5.96 Å². The van der Waals surface area contributed by atoms with Crippen LogP contribution in [0.4, 0.5) is 0 Å². The van der Waals surface area contributed by atoms with Crippen LogP contribution in [0.15, 0.2) is 23.3 Å². The molecule has 1 saturated heterocycles. The number of aliphatic imine (C=N–C) groups is 1. The summed E-state index contributed by atoms with van der Waals surface area (Å²) in [6.07, 6.45) is 6.48. The van der Waals surface area contributed by atoms with Crippen LogP contribution < -0.4 is 5.32 Å². The lowest BCUT2D eigenvalue weighted by atomic mass is 9.96. The number of guanidine groups is 1. The third-order valence-electron chi connectivity index (χ3n) is 4.54. The van der Waals surface area contributed by atoms with Crippen molar-refractivity contribution in [3.8, 4) is 0 Å². The van der Waals surface area contributed by atoms with E-state index in [9.17, 15) is 0 Å². The fourth-order valence-electron chi connectivity index (χ4n) is 2.92. The van der Waals surface area contributed by atoms with E-state index >= 15 is 0 Å². The van der Waals surface area contributed by atoms with E-state index in [2.05, 4.69) is 41.3 Å². The number of nitrogens with one attached hydrogen (secondary N) is 1. The van der Waals surface area contributed by atoms with Crippen molar-refractivity contribution in [1.82, 2.24) is 15.2 Å². The number of ether oxygens (including phenoxy) is 1. The average molecular weight is 332 g/mol. The van der Waals surface area contributed by atoms with Crippen LogP contribution in [0, 0.1) is 12.8 Å². The van der Waals surface area contributed by atoms with Crippen LogP contribution in [0.2, 0.25) is 0 Å². The van der Waals surface area contributed by atoms with Crippen LogP contribution in [0.3, 0.4) is 0 Å². The third kappa shape index (κ3) is 6.48. The van der Waals surface area contributed by atoms with Gasteiger partial charge in [-0.25, -0.2) is 0 Å². The van der Waals surface area contributed by atoms with Gasteiger partial charge in [-0.1, -0.05) is 6.07 Å². The van der Waals surface area contributed by atoms with Gasteiger partial charge in [0.25, 0.3) is 0 Å². The first-order valence-corrected chi connectivity index (χ1v) is 9.17. The number of nitrogens with zero attached hydrogens (tertiary/aromatic N) is 3. The molecular weight excluding hydrogens is 300 g/mol. The molecule has 0 amide bonds. The Morgan fingerprint density at radius 2 is 2.17 bits per heavy atom. The van der Waals surface area contributed by atoms with Gasteiger partial charge in [-0.3, -0.25) is 9.98 Å². The summed E-state index contributed by atoms with van der Waals surface area (Å²) in [6, 6.07) is 4.20. The van der Waals surface area contributed by atoms with E-state index in [0.29, 0.717) is 0 Å². The smallest absolute Gasteiger partial charge is 0.193 e. The van der Waals surface area contributed by atoms with E-state index in [4.69, 9.17) is 9.73 Å². The number of pyridine rings is 1. The first-order valence-electron chi connectivity index (χ1n) is 9.17. The van der Waals surface area contributed by atoms with Crippen molar-refractivity contribution < 1.29 is 4.74 Å². The highest BCUT2D eigenvalue weighted by molar-refractivity contribution is 5.79. The molecule has 5 heteroatoms. The molecule has 0 aliphatic carbocycles. The summed E-state index contributed by atoms with van der Waals surface area (Å²) < 4.78 is 5.44. The fraction of sp³-hybridized carbons (Fsp3) is 0.684. The van der Waals surface area contributed by atoms with E-state index in [0.717, 1.165) is 56.8 Å². The summed E-state index contributed by atoms with van der Waals surface area (Å²) in [5.74, 6) is 1.80. The molecule has 0 atom stereocenters. The second-order valence-electron chi connectivity index (χ2n) is 6.56. The quantitative estimate of drug-likeness (QED) is 0.616. The van der Waals surface area contributed by atoms with Gasteiger partial charge in [-0.2, -0.15) is 0 Å². The Balaban J connectivity index is 1.80. The van der Waals surface area contributed by atoms with E-state index < -0.39 is 0 Å². The molecule has 1 aliphatic heterocycles. The van der Waals surface area contributed by atoms with Crippen molar-refractivity contribution in [2.75, 3.05) is 39.9 Å². The SMILES string of the molecule is CCNC(=NCCc1ccc(C)nc1)N(C)CCC1CCOCC1. The molecule has 24 heavy (non-hydrogen) atoms. The molecule has 0 saturated carbocycles. The summed E-state index contributed by atoms with van der Waals surface area (Å²) >= 11 is 0. The molecule has 1 aliphatic rings. The van der Waals surface area contributed by atoms with Crippen LogP contribution in [-0.4, -0.2) is 55.7 Å². The Bertz CT molecular complexity index is 495. The molecule has 0 spiro atoms. The second kappa shape index (κ2) is 10.3. The first kappa shape index (κ1) is 18.7. The monoisotopic (exact) mass is 332 g/mol. The van der Waals surface area contributed by atoms with Crippen molar-refractivity contribution in [3.63, 3.8) is 0 Å². The van der Waals surface area contributed by atoms with Gasteiger partial charge < -0.3 is 15.0 Å². The molecule has 5 nitrogen and oxygen atoms in total. The highest BCUT2D eigenvalue weighted by Gasteiger charge is 2.15. The maximum Gasteiger partial charge on any atom is 0.193 e. The molecule has 134 valence electrons. The second-order valence-corrected chi connectivity index (χ2v) is 6.56. The Hall–Kier alpha value is -1.62. The number of aryl methyl sites for hydroxylation is 1. The van der Waals surface area contributed by atoms with Crippen LogP contribution in [0.1, 0.15) is 37.4 Å². The molecule has 1 N–H and O–H groups in total. The van der Waals surface area contributed by atoms with Crippen LogP contribution in [0.5, 0.6) is 0 Å². The van der Waals surface area contributed by atoms with Gasteiger partial charge in [-0.05, 0) is 57.1 Å². The zero-order valence-corrected chi connectivity index (χ0v) is 15.4. The number of rotatable bonds is 7.